The summed E-state index contributed by atoms with van der Waals surface area (Å²) >= 11 is 2.07. The Labute approximate surface area is 148 Å². The molecule has 7 heteroatoms. The van der Waals surface area contributed by atoms with Crippen LogP contribution in [0.4, 0.5) is 0 Å². The third-order valence-corrected chi connectivity index (χ3v) is 4.60. The number of guanidine groups is 1. The number of nitrogens with one attached hydrogen (secondary N) is 2. The van der Waals surface area contributed by atoms with Gasteiger partial charge in [0.2, 0.25) is 0 Å². The second-order valence-corrected chi connectivity index (χ2v) is 6.49. The first kappa shape index (κ1) is 18.6. The molecule has 1 aromatic rings. The number of rotatable bonds is 6. The van der Waals surface area contributed by atoms with Gasteiger partial charge < -0.3 is 15.2 Å². The number of nitrogens with zero attached hydrogens (tertiary/aromatic N) is 2. The standard InChI is InChI=1S/C14H24N4OS.HI/c1-3-15-14(16-10-12-7-8-19-18-12)17-11-5-6-13(9-11)20-4-2;/h7-8,11,13H,3-6,9-10H2,1-2H3,(H2,15,16,17);1H. The summed E-state index contributed by atoms with van der Waals surface area (Å²) in [7, 11) is 0. The SMILES string of the molecule is CCNC(=NCc1ccon1)NC1CCC(SCC)C1.I. The van der Waals surface area contributed by atoms with Crippen molar-refractivity contribution in [1.82, 2.24) is 15.8 Å². The molecule has 1 heterocycles. The fraction of sp³-hybridized carbons (Fsp3) is 0.714. The van der Waals surface area contributed by atoms with Crippen LogP contribution in [0, 0.1) is 0 Å². The molecule has 2 atom stereocenters. The van der Waals surface area contributed by atoms with Crippen LogP contribution in [-0.2, 0) is 6.54 Å². The summed E-state index contributed by atoms with van der Waals surface area (Å²) in [6, 6.07) is 2.38. The number of aliphatic imine (C=N–C) groups is 1. The maximum atomic E-state index is 4.82. The summed E-state index contributed by atoms with van der Waals surface area (Å²) in [6.45, 7) is 5.72. The largest absolute Gasteiger partial charge is 0.364 e. The van der Waals surface area contributed by atoms with Crippen molar-refractivity contribution >= 4 is 41.7 Å². The lowest BCUT2D eigenvalue weighted by Crippen LogP contribution is -2.42. The molecule has 1 aliphatic rings. The van der Waals surface area contributed by atoms with Crippen LogP contribution in [0.25, 0.3) is 0 Å². The lowest BCUT2D eigenvalue weighted by atomic mass is 10.2. The van der Waals surface area contributed by atoms with Crippen LogP contribution < -0.4 is 10.6 Å². The first-order valence-corrected chi connectivity index (χ1v) is 8.42. The Hall–Kier alpha value is -0.440. The van der Waals surface area contributed by atoms with Crippen LogP contribution in [0.5, 0.6) is 0 Å². The van der Waals surface area contributed by atoms with Crippen molar-refractivity contribution in [2.75, 3.05) is 12.3 Å². The Bertz CT molecular complexity index is 413. The van der Waals surface area contributed by atoms with E-state index in [4.69, 9.17) is 4.52 Å². The van der Waals surface area contributed by atoms with Crippen molar-refractivity contribution in [3.05, 3.63) is 18.0 Å². The molecule has 0 spiro atoms. The molecule has 0 saturated heterocycles. The third kappa shape index (κ3) is 6.46. The van der Waals surface area contributed by atoms with E-state index >= 15 is 0 Å². The Kier molecular flexibility index (Phi) is 9.14. The number of hydrogen-bond acceptors (Lipinski definition) is 4. The highest BCUT2D eigenvalue weighted by Gasteiger charge is 2.25. The summed E-state index contributed by atoms with van der Waals surface area (Å²) in [5, 5.41) is 11.5. The molecule has 1 aromatic heterocycles. The molecule has 1 saturated carbocycles. The van der Waals surface area contributed by atoms with Crippen LogP contribution in [-0.4, -0.2) is 34.7 Å². The zero-order valence-corrected chi connectivity index (χ0v) is 15.8. The van der Waals surface area contributed by atoms with E-state index in [-0.39, 0.29) is 24.0 Å². The quantitative estimate of drug-likeness (QED) is 0.418. The van der Waals surface area contributed by atoms with E-state index in [0.717, 1.165) is 23.4 Å². The van der Waals surface area contributed by atoms with Crippen molar-refractivity contribution in [3.63, 3.8) is 0 Å². The van der Waals surface area contributed by atoms with Crippen molar-refractivity contribution in [3.8, 4) is 0 Å². The average molecular weight is 424 g/mol. The normalized spacial score (nSPS) is 21.9. The summed E-state index contributed by atoms with van der Waals surface area (Å²) in [5.41, 5.74) is 0.855. The molecule has 1 aliphatic carbocycles. The Morgan fingerprint density at radius 1 is 1.48 bits per heavy atom. The van der Waals surface area contributed by atoms with Gasteiger partial charge in [-0.05, 0) is 31.9 Å². The van der Waals surface area contributed by atoms with Gasteiger partial charge in [0.15, 0.2) is 5.96 Å². The number of aromatic nitrogens is 1. The van der Waals surface area contributed by atoms with Crippen LogP contribution in [0.3, 0.4) is 0 Å². The predicted molar refractivity (Wildman–Crippen MR) is 99.4 cm³/mol. The molecule has 0 bridgehead atoms. The molecule has 2 rings (SSSR count). The minimum Gasteiger partial charge on any atom is -0.364 e. The van der Waals surface area contributed by atoms with Crippen molar-refractivity contribution in [1.29, 1.82) is 0 Å². The molecule has 2 N–H and O–H groups in total. The summed E-state index contributed by atoms with van der Waals surface area (Å²) in [4.78, 5) is 4.56. The number of halogens is 1. The molecule has 0 aromatic carbocycles. The molecule has 120 valence electrons. The highest BCUT2D eigenvalue weighted by molar-refractivity contribution is 14.0. The van der Waals surface area contributed by atoms with Gasteiger partial charge in [-0.1, -0.05) is 12.1 Å². The maximum Gasteiger partial charge on any atom is 0.191 e. The van der Waals surface area contributed by atoms with Gasteiger partial charge in [0.1, 0.15) is 12.0 Å². The van der Waals surface area contributed by atoms with Gasteiger partial charge in [0.25, 0.3) is 0 Å². The van der Waals surface area contributed by atoms with Crippen molar-refractivity contribution < 1.29 is 4.52 Å². The zero-order chi connectivity index (χ0) is 14.2. The monoisotopic (exact) mass is 424 g/mol. The molecule has 0 amide bonds. The van der Waals surface area contributed by atoms with Gasteiger partial charge in [-0.25, -0.2) is 4.99 Å². The first-order chi connectivity index (χ1) is 9.81. The second kappa shape index (κ2) is 10.3. The highest BCUT2D eigenvalue weighted by atomic mass is 127. The average Bonchev–Trinajstić information content (AvgIpc) is 3.08. The smallest absolute Gasteiger partial charge is 0.191 e. The number of hydrogen-bond donors (Lipinski definition) is 2. The van der Waals surface area contributed by atoms with Crippen molar-refractivity contribution in [2.45, 2.75) is 50.9 Å². The lowest BCUT2D eigenvalue weighted by Gasteiger charge is -2.17. The molecular weight excluding hydrogens is 399 g/mol. The lowest BCUT2D eigenvalue weighted by molar-refractivity contribution is 0.412. The third-order valence-electron chi connectivity index (χ3n) is 3.36. The summed E-state index contributed by atoms with van der Waals surface area (Å²) in [5.74, 6) is 2.08. The first-order valence-electron chi connectivity index (χ1n) is 7.37. The van der Waals surface area contributed by atoms with E-state index in [9.17, 15) is 0 Å². The summed E-state index contributed by atoms with van der Waals surface area (Å²) < 4.78 is 4.82. The minimum absolute atomic E-state index is 0. The fourth-order valence-electron chi connectivity index (χ4n) is 2.45. The molecule has 0 aliphatic heterocycles. The zero-order valence-electron chi connectivity index (χ0n) is 12.7. The molecule has 2 unspecified atom stereocenters. The molecule has 5 nitrogen and oxygen atoms in total. The van der Waals surface area contributed by atoms with Gasteiger partial charge in [-0.2, -0.15) is 11.8 Å². The van der Waals surface area contributed by atoms with Crippen LogP contribution >= 0.6 is 35.7 Å². The van der Waals surface area contributed by atoms with Gasteiger partial charge >= 0.3 is 0 Å². The Morgan fingerprint density at radius 3 is 3.00 bits per heavy atom. The van der Waals surface area contributed by atoms with Gasteiger partial charge in [-0.15, -0.1) is 24.0 Å². The number of thioether (sulfide) groups is 1. The second-order valence-electron chi connectivity index (χ2n) is 4.92. The Balaban J connectivity index is 0.00000220. The van der Waals surface area contributed by atoms with E-state index in [1.807, 2.05) is 6.07 Å². The van der Waals surface area contributed by atoms with E-state index < -0.39 is 0 Å². The topological polar surface area (TPSA) is 62.5 Å². The van der Waals surface area contributed by atoms with Gasteiger partial charge in [0.05, 0.1) is 6.54 Å². The van der Waals surface area contributed by atoms with E-state index in [2.05, 4.69) is 46.4 Å². The van der Waals surface area contributed by atoms with Gasteiger partial charge in [0, 0.05) is 23.9 Å². The van der Waals surface area contributed by atoms with Gasteiger partial charge in [-0.3, -0.25) is 0 Å². The Morgan fingerprint density at radius 2 is 2.33 bits per heavy atom. The predicted octanol–water partition coefficient (Wildman–Crippen LogP) is 3.02. The van der Waals surface area contributed by atoms with E-state index in [0.29, 0.717) is 12.6 Å². The highest BCUT2D eigenvalue weighted by Crippen LogP contribution is 2.29. The van der Waals surface area contributed by atoms with Crippen molar-refractivity contribution in [2.24, 2.45) is 4.99 Å². The van der Waals surface area contributed by atoms with Crippen LogP contribution in [0.2, 0.25) is 0 Å². The summed E-state index contributed by atoms with van der Waals surface area (Å²) in [6.07, 6.45) is 5.34. The molecule has 1 fully saturated rings. The molecule has 0 radical (unpaired) electrons. The minimum atomic E-state index is 0. The maximum absolute atomic E-state index is 4.82. The van der Waals surface area contributed by atoms with E-state index in [1.165, 1.54) is 25.0 Å². The van der Waals surface area contributed by atoms with E-state index in [1.54, 1.807) is 6.26 Å². The molecular formula is C14H25IN4OS. The van der Waals surface area contributed by atoms with Crippen LogP contribution in [0.1, 0.15) is 38.8 Å². The molecule has 21 heavy (non-hydrogen) atoms. The van der Waals surface area contributed by atoms with Crippen LogP contribution in [0.15, 0.2) is 21.8 Å². The fourth-order valence-corrected chi connectivity index (χ4v) is 3.59.